The minimum absolute atomic E-state index is 0.111. The summed E-state index contributed by atoms with van der Waals surface area (Å²) >= 11 is 0. The van der Waals surface area contributed by atoms with Gasteiger partial charge in [0.05, 0.1) is 38.8 Å². The maximum atomic E-state index is 5.30. The van der Waals surface area contributed by atoms with Gasteiger partial charge in [-0.1, -0.05) is 37.3 Å². The zero-order chi connectivity index (χ0) is 21.8. The molecule has 7 heteroatoms. The van der Waals surface area contributed by atoms with Crippen molar-refractivity contribution in [2.75, 3.05) is 38.2 Å². The van der Waals surface area contributed by atoms with Crippen molar-refractivity contribution in [2.24, 2.45) is 0 Å². The number of tetrazole rings is 1. The molecule has 1 aliphatic heterocycles. The largest absolute Gasteiger partial charge is 0.497 e. The molecule has 1 saturated heterocycles. The van der Waals surface area contributed by atoms with Crippen LogP contribution in [0, 0.1) is 0 Å². The summed E-state index contributed by atoms with van der Waals surface area (Å²) in [7, 11) is 1.70. The molecule has 0 aliphatic carbocycles. The molecule has 31 heavy (non-hydrogen) atoms. The topological polar surface area (TPSA) is 60.5 Å². The van der Waals surface area contributed by atoms with Crippen LogP contribution in [0.25, 0.3) is 0 Å². The Hall–Kier alpha value is -2.93. The molecule has 1 aliphatic rings. The third-order valence-corrected chi connectivity index (χ3v) is 6.57. The molecule has 164 valence electrons. The zero-order valence-corrected chi connectivity index (χ0v) is 19.0. The SMILES string of the molecule is CCC(C)(C)n1nnnc1[C@@H](c1ccccc1)[NH+]1CCN(c2ccc(OC)cc2)CC1. The van der Waals surface area contributed by atoms with Crippen molar-refractivity contribution in [3.05, 3.63) is 66.0 Å². The molecule has 1 aromatic heterocycles. The van der Waals surface area contributed by atoms with E-state index in [-0.39, 0.29) is 11.6 Å². The lowest BCUT2D eigenvalue weighted by Crippen LogP contribution is -3.15. The highest BCUT2D eigenvalue weighted by Gasteiger charge is 2.37. The minimum Gasteiger partial charge on any atom is -0.497 e. The van der Waals surface area contributed by atoms with Crippen molar-refractivity contribution in [3.8, 4) is 5.75 Å². The Bertz CT molecular complexity index is 961. The fourth-order valence-corrected chi connectivity index (χ4v) is 4.30. The van der Waals surface area contributed by atoms with Crippen LogP contribution in [0.15, 0.2) is 54.6 Å². The molecule has 0 saturated carbocycles. The first-order valence-corrected chi connectivity index (χ1v) is 11.1. The predicted molar refractivity (Wildman–Crippen MR) is 122 cm³/mol. The van der Waals surface area contributed by atoms with Gasteiger partial charge in [0.2, 0.25) is 5.82 Å². The maximum absolute atomic E-state index is 5.30. The van der Waals surface area contributed by atoms with Gasteiger partial charge in [-0.2, -0.15) is 0 Å². The van der Waals surface area contributed by atoms with E-state index in [0.717, 1.165) is 44.2 Å². The van der Waals surface area contributed by atoms with Gasteiger partial charge in [-0.3, -0.25) is 0 Å². The van der Waals surface area contributed by atoms with Gasteiger partial charge in [0.15, 0.2) is 6.04 Å². The Balaban J connectivity index is 1.59. The van der Waals surface area contributed by atoms with E-state index in [0.29, 0.717) is 0 Å². The molecule has 0 unspecified atom stereocenters. The van der Waals surface area contributed by atoms with Crippen LogP contribution in [-0.4, -0.2) is 53.5 Å². The van der Waals surface area contributed by atoms with Gasteiger partial charge in [-0.15, -0.1) is 5.10 Å². The molecule has 0 bridgehead atoms. The van der Waals surface area contributed by atoms with E-state index in [2.05, 4.69) is 83.7 Å². The highest BCUT2D eigenvalue weighted by atomic mass is 16.5. The van der Waals surface area contributed by atoms with Gasteiger partial charge >= 0.3 is 0 Å². The van der Waals surface area contributed by atoms with Gasteiger partial charge in [0, 0.05) is 11.3 Å². The van der Waals surface area contributed by atoms with Crippen molar-refractivity contribution in [1.29, 1.82) is 0 Å². The lowest BCUT2D eigenvalue weighted by atomic mass is 9.99. The Labute approximate surface area is 184 Å². The molecule has 0 spiro atoms. The standard InChI is InChI=1S/C24H32N6O/c1-5-24(2,3)30-23(25-26-27-30)22(19-9-7-6-8-10-19)29-17-15-28(16-18-29)20-11-13-21(31-4)14-12-20/h6-14,22H,5,15-18H2,1-4H3/p+1/t22-/m1/s1. The zero-order valence-electron chi connectivity index (χ0n) is 19.0. The van der Waals surface area contributed by atoms with E-state index in [1.165, 1.54) is 16.2 Å². The summed E-state index contributed by atoms with van der Waals surface area (Å²) in [4.78, 5) is 3.95. The highest BCUT2D eigenvalue weighted by molar-refractivity contribution is 5.49. The normalized spacial score (nSPS) is 16.3. The predicted octanol–water partition coefficient (Wildman–Crippen LogP) is 2.32. The third-order valence-electron chi connectivity index (χ3n) is 6.57. The number of ether oxygens (including phenoxy) is 1. The fourth-order valence-electron chi connectivity index (χ4n) is 4.30. The van der Waals surface area contributed by atoms with E-state index in [4.69, 9.17) is 4.74 Å². The van der Waals surface area contributed by atoms with Crippen LogP contribution in [0.4, 0.5) is 5.69 Å². The molecule has 2 heterocycles. The number of benzene rings is 2. The second-order valence-electron chi connectivity index (χ2n) is 8.80. The number of anilines is 1. The molecule has 0 radical (unpaired) electrons. The summed E-state index contributed by atoms with van der Waals surface area (Å²) in [5, 5.41) is 13.0. The van der Waals surface area contributed by atoms with E-state index < -0.39 is 0 Å². The van der Waals surface area contributed by atoms with Crippen LogP contribution in [-0.2, 0) is 5.54 Å². The van der Waals surface area contributed by atoms with Crippen LogP contribution in [0.3, 0.4) is 0 Å². The number of nitrogens with zero attached hydrogens (tertiary/aromatic N) is 5. The van der Waals surface area contributed by atoms with E-state index in [1.54, 1.807) is 7.11 Å². The maximum Gasteiger partial charge on any atom is 0.214 e. The van der Waals surface area contributed by atoms with Gasteiger partial charge in [0.1, 0.15) is 5.75 Å². The number of piperazine rings is 1. The number of rotatable bonds is 7. The van der Waals surface area contributed by atoms with Crippen molar-refractivity contribution >= 4 is 5.69 Å². The summed E-state index contributed by atoms with van der Waals surface area (Å²) in [5.74, 6) is 1.84. The van der Waals surface area contributed by atoms with E-state index in [1.807, 2.05) is 16.8 Å². The average Bonchev–Trinajstić information content (AvgIpc) is 3.31. The molecule has 2 aromatic carbocycles. The number of quaternary nitrogens is 1. The number of hydrogen-bond donors (Lipinski definition) is 1. The molecular weight excluding hydrogens is 388 g/mol. The number of hydrogen-bond acceptors (Lipinski definition) is 5. The molecular formula is C24H33N6O+. The lowest BCUT2D eigenvalue weighted by molar-refractivity contribution is -0.927. The van der Waals surface area contributed by atoms with Crippen molar-refractivity contribution in [2.45, 2.75) is 38.8 Å². The van der Waals surface area contributed by atoms with Gasteiger partial charge in [-0.25, -0.2) is 4.68 Å². The Morgan fingerprint density at radius 1 is 1.03 bits per heavy atom. The number of methoxy groups -OCH3 is 1. The van der Waals surface area contributed by atoms with Crippen molar-refractivity contribution in [1.82, 2.24) is 20.2 Å². The van der Waals surface area contributed by atoms with Crippen LogP contribution < -0.4 is 14.5 Å². The van der Waals surface area contributed by atoms with Crippen LogP contribution in [0.1, 0.15) is 44.6 Å². The van der Waals surface area contributed by atoms with Gasteiger partial charge < -0.3 is 14.5 Å². The lowest BCUT2D eigenvalue weighted by Gasteiger charge is -2.38. The van der Waals surface area contributed by atoms with E-state index in [9.17, 15) is 0 Å². The summed E-state index contributed by atoms with van der Waals surface area (Å²) in [5.41, 5.74) is 2.38. The molecule has 3 aromatic rings. The summed E-state index contributed by atoms with van der Waals surface area (Å²) in [6, 6.07) is 19.1. The Morgan fingerprint density at radius 2 is 1.71 bits per heavy atom. The summed E-state index contributed by atoms with van der Waals surface area (Å²) in [6.45, 7) is 10.6. The Morgan fingerprint density at radius 3 is 2.32 bits per heavy atom. The number of aromatic nitrogens is 4. The highest BCUT2D eigenvalue weighted by Crippen LogP contribution is 2.25. The van der Waals surface area contributed by atoms with Gasteiger partial charge in [-0.05, 0) is 55.0 Å². The summed E-state index contributed by atoms with van der Waals surface area (Å²) < 4.78 is 7.33. The first-order chi connectivity index (χ1) is 15.0. The third kappa shape index (κ3) is 4.42. The molecule has 7 nitrogen and oxygen atoms in total. The van der Waals surface area contributed by atoms with Crippen LogP contribution in [0.2, 0.25) is 0 Å². The van der Waals surface area contributed by atoms with Crippen LogP contribution in [0.5, 0.6) is 5.75 Å². The first kappa shape index (κ1) is 21.3. The molecule has 0 amide bonds. The minimum atomic E-state index is -0.129. The van der Waals surface area contributed by atoms with Gasteiger partial charge in [0.25, 0.3) is 0 Å². The average molecular weight is 422 g/mol. The second kappa shape index (κ2) is 9.06. The number of nitrogens with one attached hydrogen (secondary N) is 1. The molecule has 1 fully saturated rings. The van der Waals surface area contributed by atoms with Crippen molar-refractivity contribution in [3.63, 3.8) is 0 Å². The smallest absolute Gasteiger partial charge is 0.214 e. The van der Waals surface area contributed by atoms with E-state index >= 15 is 0 Å². The Kier molecular flexibility index (Phi) is 6.23. The monoisotopic (exact) mass is 421 g/mol. The fraction of sp³-hybridized carbons (Fsp3) is 0.458. The molecule has 1 atom stereocenters. The quantitative estimate of drug-likeness (QED) is 0.635. The summed E-state index contributed by atoms with van der Waals surface area (Å²) in [6.07, 6.45) is 0.965. The first-order valence-electron chi connectivity index (χ1n) is 11.1. The molecule has 1 N–H and O–H groups in total. The van der Waals surface area contributed by atoms with Crippen molar-refractivity contribution < 1.29 is 9.64 Å². The van der Waals surface area contributed by atoms with Crippen LogP contribution >= 0.6 is 0 Å². The molecule has 4 rings (SSSR count). The second-order valence-corrected chi connectivity index (χ2v) is 8.80.